The first-order valence-corrected chi connectivity index (χ1v) is 6.54. The van der Waals surface area contributed by atoms with Crippen molar-refractivity contribution in [3.8, 4) is 11.1 Å². The van der Waals surface area contributed by atoms with E-state index in [2.05, 4.69) is 50.4 Å². The van der Waals surface area contributed by atoms with Gasteiger partial charge in [-0.05, 0) is 40.1 Å². The second-order valence-electron chi connectivity index (χ2n) is 3.81. The highest BCUT2D eigenvalue weighted by molar-refractivity contribution is 7.07. The van der Waals surface area contributed by atoms with Gasteiger partial charge >= 0.3 is 0 Å². The number of benzene rings is 1. The quantitative estimate of drug-likeness (QED) is 0.517. The molecule has 2 aromatic rings. The standard InChI is InChI=1S/C8H6S.C6H5N3/c1-2-7-4-5-9-6-8(7)3-1;1-2-4-6-5(3-1)7-9-8-6/h1-6H;1-4H,(H,7,8,9). The Kier molecular flexibility index (Phi) is 3.02. The molecule has 0 fully saturated rings. The Hall–Kier alpha value is -2.20. The smallest absolute Gasteiger partial charge is 0.112 e. The average molecular weight is 253 g/mol. The second kappa shape index (κ2) is 4.98. The van der Waals surface area contributed by atoms with E-state index < -0.39 is 0 Å². The summed E-state index contributed by atoms with van der Waals surface area (Å²) < 4.78 is 0. The van der Waals surface area contributed by atoms with E-state index in [0.717, 1.165) is 11.0 Å². The van der Waals surface area contributed by atoms with Crippen LogP contribution in [0.2, 0.25) is 0 Å². The molecule has 0 spiro atoms. The van der Waals surface area contributed by atoms with Crippen molar-refractivity contribution < 1.29 is 0 Å². The van der Waals surface area contributed by atoms with E-state index in [1.165, 1.54) is 11.1 Å². The summed E-state index contributed by atoms with van der Waals surface area (Å²) in [5.41, 5.74) is 4.52. The topological polar surface area (TPSA) is 41.6 Å². The monoisotopic (exact) mass is 253 g/mol. The summed E-state index contributed by atoms with van der Waals surface area (Å²) in [7, 11) is 0. The van der Waals surface area contributed by atoms with Crippen molar-refractivity contribution in [2.75, 3.05) is 0 Å². The third-order valence-corrected chi connectivity index (χ3v) is 3.31. The predicted octanol–water partition coefficient (Wildman–Crippen LogP) is 3.81. The fourth-order valence-electron chi connectivity index (χ4n) is 1.72. The van der Waals surface area contributed by atoms with Crippen LogP contribution in [0.3, 0.4) is 0 Å². The van der Waals surface area contributed by atoms with Gasteiger partial charge in [0.15, 0.2) is 0 Å². The molecule has 3 nitrogen and oxygen atoms in total. The van der Waals surface area contributed by atoms with E-state index in [4.69, 9.17) is 0 Å². The molecule has 0 bridgehead atoms. The highest BCUT2D eigenvalue weighted by Crippen LogP contribution is 2.23. The van der Waals surface area contributed by atoms with Crippen molar-refractivity contribution >= 4 is 22.4 Å². The van der Waals surface area contributed by atoms with E-state index in [0.29, 0.717) is 0 Å². The molecule has 1 N–H and O–H groups in total. The van der Waals surface area contributed by atoms with E-state index in [1.807, 2.05) is 24.3 Å². The molecule has 0 atom stereocenters. The van der Waals surface area contributed by atoms with Gasteiger partial charge in [0.1, 0.15) is 11.0 Å². The summed E-state index contributed by atoms with van der Waals surface area (Å²) in [4.78, 5) is 0. The second-order valence-corrected chi connectivity index (χ2v) is 4.59. The van der Waals surface area contributed by atoms with Gasteiger partial charge < -0.3 is 0 Å². The van der Waals surface area contributed by atoms with Gasteiger partial charge in [-0.25, -0.2) is 0 Å². The molecular weight excluding hydrogens is 242 g/mol. The van der Waals surface area contributed by atoms with Crippen LogP contribution < -0.4 is 0 Å². The fourth-order valence-corrected chi connectivity index (χ4v) is 2.38. The Morgan fingerprint density at radius 3 is 2.22 bits per heavy atom. The van der Waals surface area contributed by atoms with Gasteiger partial charge in [0, 0.05) is 0 Å². The number of nitrogens with zero attached hydrogens (tertiary/aromatic N) is 2. The summed E-state index contributed by atoms with van der Waals surface area (Å²) in [6.45, 7) is 0. The van der Waals surface area contributed by atoms with Crippen LogP contribution in [0.5, 0.6) is 0 Å². The number of rotatable bonds is 0. The van der Waals surface area contributed by atoms with Crippen LogP contribution >= 0.6 is 11.3 Å². The van der Waals surface area contributed by atoms with Gasteiger partial charge in [-0.15, -0.1) is 0 Å². The molecule has 4 rings (SSSR count). The molecule has 2 aliphatic rings. The molecule has 1 aliphatic carbocycles. The maximum Gasteiger partial charge on any atom is 0.112 e. The van der Waals surface area contributed by atoms with E-state index in [1.54, 1.807) is 11.3 Å². The number of fused-ring (bicyclic) bond motifs is 2. The number of aromatic nitrogens is 3. The summed E-state index contributed by atoms with van der Waals surface area (Å²) >= 11 is 1.74. The van der Waals surface area contributed by atoms with Gasteiger partial charge in [0.05, 0.1) is 0 Å². The lowest BCUT2D eigenvalue weighted by molar-refractivity contribution is 0.959. The van der Waals surface area contributed by atoms with Crippen molar-refractivity contribution in [1.82, 2.24) is 15.4 Å². The van der Waals surface area contributed by atoms with Crippen LogP contribution in [0.4, 0.5) is 0 Å². The van der Waals surface area contributed by atoms with Crippen LogP contribution in [0, 0.1) is 0 Å². The Balaban J connectivity index is 0.000000111. The number of nitrogens with one attached hydrogen (secondary N) is 1. The lowest BCUT2D eigenvalue weighted by atomic mass is 10.2. The molecule has 18 heavy (non-hydrogen) atoms. The summed E-state index contributed by atoms with van der Waals surface area (Å²) in [5.74, 6) is 0. The molecular formula is C14H11N3S. The lowest BCUT2D eigenvalue weighted by Crippen LogP contribution is -1.64. The van der Waals surface area contributed by atoms with Gasteiger partial charge in [-0.1, -0.05) is 30.3 Å². The molecule has 0 amide bonds. The number of aromatic amines is 1. The highest BCUT2D eigenvalue weighted by Gasteiger charge is 1.96. The van der Waals surface area contributed by atoms with Crippen molar-refractivity contribution in [1.29, 1.82) is 0 Å². The number of hydrogen-bond acceptors (Lipinski definition) is 3. The first-order chi connectivity index (χ1) is 8.93. The number of H-pyrrole nitrogens is 1. The van der Waals surface area contributed by atoms with Crippen molar-refractivity contribution in [2.45, 2.75) is 0 Å². The lowest BCUT2D eigenvalue weighted by Gasteiger charge is -1.91. The zero-order valence-electron chi connectivity index (χ0n) is 9.58. The highest BCUT2D eigenvalue weighted by atomic mass is 32.1. The average Bonchev–Trinajstić information content (AvgIpc) is 3.08. The van der Waals surface area contributed by atoms with Crippen LogP contribution in [0.25, 0.3) is 22.2 Å². The number of hydrogen-bond donors (Lipinski definition) is 1. The minimum atomic E-state index is 0.914. The molecule has 0 saturated heterocycles. The van der Waals surface area contributed by atoms with E-state index >= 15 is 0 Å². The van der Waals surface area contributed by atoms with Crippen molar-refractivity contribution in [3.05, 3.63) is 59.3 Å². The van der Waals surface area contributed by atoms with E-state index in [9.17, 15) is 0 Å². The zero-order valence-corrected chi connectivity index (χ0v) is 10.4. The Bertz CT molecular complexity index is 655. The van der Waals surface area contributed by atoms with Crippen LogP contribution in [-0.2, 0) is 0 Å². The van der Waals surface area contributed by atoms with Gasteiger partial charge in [0.2, 0.25) is 0 Å². The van der Waals surface area contributed by atoms with E-state index in [-0.39, 0.29) is 0 Å². The minimum Gasteiger partial charge on any atom is -0.197 e. The normalized spacial score (nSPS) is 10.2. The third-order valence-electron chi connectivity index (χ3n) is 2.63. The van der Waals surface area contributed by atoms with Gasteiger partial charge in [-0.3, -0.25) is 0 Å². The number of para-hydroxylation sites is 2. The van der Waals surface area contributed by atoms with Crippen LogP contribution in [-0.4, -0.2) is 15.4 Å². The largest absolute Gasteiger partial charge is 0.197 e. The zero-order chi connectivity index (χ0) is 12.2. The molecule has 2 heterocycles. The Morgan fingerprint density at radius 2 is 1.50 bits per heavy atom. The predicted molar refractivity (Wildman–Crippen MR) is 74.8 cm³/mol. The molecule has 88 valence electrons. The van der Waals surface area contributed by atoms with Crippen LogP contribution in [0.15, 0.2) is 59.3 Å². The summed E-state index contributed by atoms with van der Waals surface area (Å²) in [6.07, 6.45) is 0. The first kappa shape index (κ1) is 10.9. The summed E-state index contributed by atoms with van der Waals surface area (Å²) in [6, 6.07) is 16.2. The minimum absolute atomic E-state index is 0.914. The molecule has 1 aromatic carbocycles. The molecule has 0 unspecified atom stereocenters. The Labute approximate surface area is 108 Å². The molecule has 4 heteroatoms. The summed E-state index contributed by atoms with van der Waals surface area (Å²) in [5, 5.41) is 14.6. The van der Waals surface area contributed by atoms with Crippen molar-refractivity contribution in [2.24, 2.45) is 0 Å². The first-order valence-electron chi connectivity index (χ1n) is 5.60. The maximum absolute atomic E-state index is 3.88. The van der Waals surface area contributed by atoms with Gasteiger partial charge in [0.25, 0.3) is 0 Å². The fraction of sp³-hybridized carbons (Fsp3) is 0. The molecule has 0 radical (unpaired) electrons. The Morgan fingerprint density at radius 1 is 0.778 bits per heavy atom. The molecule has 0 saturated carbocycles. The maximum atomic E-state index is 3.88. The van der Waals surface area contributed by atoms with Crippen LogP contribution in [0.1, 0.15) is 0 Å². The third kappa shape index (κ3) is 2.24. The SMILES string of the molecule is c1cc2ccscc-2c1.c1ccc2n[nH]nc2c1. The molecule has 1 aromatic heterocycles. The molecule has 1 aliphatic heterocycles. The van der Waals surface area contributed by atoms with Crippen molar-refractivity contribution in [3.63, 3.8) is 0 Å². The van der Waals surface area contributed by atoms with Gasteiger partial charge in [-0.2, -0.15) is 26.7 Å².